The lowest BCUT2D eigenvalue weighted by Gasteiger charge is -2.39. The summed E-state index contributed by atoms with van der Waals surface area (Å²) in [5, 5.41) is 3.02. The number of nitrogens with two attached hydrogens (primary N) is 1. The van der Waals surface area contributed by atoms with Gasteiger partial charge in [-0.3, -0.25) is 4.79 Å². The number of hydrogen-bond acceptors (Lipinski definition) is 3. The van der Waals surface area contributed by atoms with E-state index in [4.69, 9.17) is 10.5 Å². The molecule has 3 N–H and O–H groups in total. The number of carbonyl (C=O) groups is 1. The van der Waals surface area contributed by atoms with Crippen LogP contribution in [0, 0.1) is 11.3 Å². The number of amides is 1. The molecule has 4 nitrogen and oxygen atoms in total. The van der Waals surface area contributed by atoms with Gasteiger partial charge < -0.3 is 15.8 Å². The first-order chi connectivity index (χ1) is 8.11. The summed E-state index contributed by atoms with van der Waals surface area (Å²) in [5.41, 5.74) is 6.34. The molecular formula is C13H24N2O2. The van der Waals surface area contributed by atoms with E-state index in [0.717, 1.165) is 32.6 Å². The second-order valence-corrected chi connectivity index (χ2v) is 5.86. The number of nitrogens with one attached hydrogen (secondary N) is 1. The maximum atomic E-state index is 12.0. The standard InChI is InChI=1S/C13H24N2O2/c1-13(5-2-6-13)9-15-12(16)11(14)10-3-7-17-8-4-10/h10-11H,2-9,14H2,1H3,(H,15,16). The Morgan fingerprint density at radius 3 is 2.65 bits per heavy atom. The molecule has 1 aliphatic heterocycles. The molecule has 17 heavy (non-hydrogen) atoms. The minimum Gasteiger partial charge on any atom is -0.381 e. The maximum absolute atomic E-state index is 12.0. The lowest BCUT2D eigenvalue weighted by atomic mass is 9.70. The summed E-state index contributed by atoms with van der Waals surface area (Å²) in [7, 11) is 0. The Labute approximate surface area is 103 Å². The third kappa shape index (κ3) is 3.19. The number of hydrogen-bond donors (Lipinski definition) is 2. The van der Waals surface area contributed by atoms with Gasteiger partial charge in [0.15, 0.2) is 0 Å². The quantitative estimate of drug-likeness (QED) is 0.772. The Kier molecular flexibility index (Phi) is 4.05. The van der Waals surface area contributed by atoms with Gasteiger partial charge in [-0.1, -0.05) is 13.3 Å². The molecule has 2 aliphatic rings. The first-order valence-electron chi connectivity index (χ1n) is 6.72. The number of rotatable bonds is 4. The average Bonchev–Trinajstić information content (AvgIpc) is 2.33. The van der Waals surface area contributed by atoms with Gasteiger partial charge in [0.25, 0.3) is 0 Å². The Bertz CT molecular complexity index is 271. The summed E-state index contributed by atoms with van der Waals surface area (Å²) in [6.45, 7) is 4.49. The Morgan fingerprint density at radius 1 is 1.47 bits per heavy atom. The molecule has 0 aromatic carbocycles. The zero-order chi connectivity index (χ0) is 12.3. The van der Waals surface area contributed by atoms with Gasteiger partial charge in [0.2, 0.25) is 5.91 Å². The molecule has 1 atom stereocenters. The molecule has 1 heterocycles. The van der Waals surface area contributed by atoms with Crippen LogP contribution >= 0.6 is 0 Å². The van der Waals surface area contributed by atoms with Gasteiger partial charge in [-0.15, -0.1) is 0 Å². The van der Waals surface area contributed by atoms with Crippen molar-refractivity contribution in [3.63, 3.8) is 0 Å². The molecule has 0 bridgehead atoms. The fourth-order valence-electron chi connectivity index (χ4n) is 2.66. The lowest BCUT2D eigenvalue weighted by molar-refractivity contribution is -0.125. The van der Waals surface area contributed by atoms with Crippen LogP contribution in [0.5, 0.6) is 0 Å². The van der Waals surface area contributed by atoms with Crippen molar-refractivity contribution in [1.82, 2.24) is 5.32 Å². The minimum absolute atomic E-state index is 0.0185. The molecule has 1 amide bonds. The maximum Gasteiger partial charge on any atom is 0.237 e. The van der Waals surface area contributed by atoms with Crippen LogP contribution in [0.25, 0.3) is 0 Å². The van der Waals surface area contributed by atoms with Gasteiger partial charge in [0.1, 0.15) is 0 Å². The average molecular weight is 240 g/mol. The highest BCUT2D eigenvalue weighted by atomic mass is 16.5. The highest BCUT2D eigenvalue weighted by Gasteiger charge is 2.33. The SMILES string of the molecule is CC1(CNC(=O)C(N)C2CCOCC2)CCC1. The van der Waals surface area contributed by atoms with E-state index in [1.165, 1.54) is 19.3 Å². The summed E-state index contributed by atoms with van der Waals surface area (Å²) >= 11 is 0. The molecule has 0 radical (unpaired) electrons. The van der Waals surface area contributed by atoms with E-state index in [1.54, 1.807) is 0 Å². The summed E-state index contributed by atoms with van der Waals surface area (Å²) in [6, 6.07) is -0.359. The van der Waals surface area contributed by atoms with Crippen molar-refractivity contribution in [2.24, 2.45) is 17.1 Å². The van der Waals surface area contributed by atoms with Crippen molar-refractivity contribution in [3.8, 4) is 0 Å². The highest BCUT2D eigenvalue weighted by Crippen LogP contribution is 2.39. The molecule has 1 aliphatic carbocycles. The topological polar surface area (TPSA) is 64.4 Å². The molecular weight excluding hydrogens is 216 g/mol. The Balaban J connectivity index is 1.74. The highest BCUT2D eigenvalue weighted by molar-refractivity contribution is 5.81. The second-order valence-electron chi connectivity index (χ2n) is 5.86. The van der Waals surface area contributed by atoms with E-state index in [9.17, 15) is 4.79 Å². The van der Waals surface area contributed by atoms with Crippen molar-refractivity contribution < 1.29 is 9.53 Å². The van der Waals surface area contributed by atoms with Crippen LogP contribution in [0.15, 0.2) is 0 Å². The van der Waals surface area contributed by atoms with Gasteiger partial charge >= 0.3 is 0 Å². The van der Waals surface area contributed by atoms with E-state index in [2.05, 4.69) is 12.2 Å². The van der Waals surface area contributed by atoms with Crippen LogP contribution in [0.1, 0.15) is 39.0 Å². The molecule has 0 spiro atoms. The fourth-order valence-corrected chi connectivity index (χ4v) is 2.66. The third-order valence-corrected chi connectivity index (χ3v) is 4.33. The zero-order valence-electron chi connectivity index (χ0n) is 10.7. The second kappa shape index (κ2) is 5.36. The number of ether oxygens (including phenoxy) is 1. The molecule has 1 saturated heterocycles. The first kappa shape index (κ1) is 12.8. The zero-order valence-corrected chi connectivity index (χ0v) is 10.7. The van der Waals surface area contributed by atoms with E-state index in [-0.39, 0.29) is 17.9 Å². The lowest BCUT2D eigenvalue weighted by Crippen LogP contribution is -2.50. The fraction of sp³-hybridized carbons (Fsp3) is 0.923. The van der Waals surface area contributed by atoms with Gasteiger partial charge in [-0.2, -0.15) is 0 Å². The van der Waals surface area contributed by atoms with Crippen molar-refractivity contribution in [2.75, 3.05) is 19.8 Å². The van der Waals surface area contributed by atoms with E-state index in [0.29, 0.717) is 5.41 Å². The minimum atomic E-state index is -0.359. The molecule has 1 unspecified atom stereocenters. The van der Waals surface area contributed by atoms with Crippen LogP contribution in [0.2, 0.25) is 0 Å². The Hall–Kier alpha value is -0.610. The van der Waals surface area contributed by atoms with E-state index in [1.807, 2.05) is 0 Å². The summed E-state index contributed by atoms with van der Waals surface area (Å²) in [5.74, 6) is 0.308. The van der Waals surface area contributed by atoms with Crippen molar-refractivity contribution in [3.05, 3.63) is 0 Å². The van der Waals surface area contributed by atoms with Crippen LogP contribution in [0.4, 0.5) is 0 Å². The molecule has 0 aromatic rings. The predicted molar refractivity (Wildman–Crippen MR) is 66.5 cm³/mol. The van der Waals surface area contributed by atoms with Crippen molar-refractivity contribution in [1.29, 1.82) is 0 Å². The molecule has 4 heteroatoms. The first-order valence-corrected chi connectivity index (χ1v) is 6.72. The van der Waals surface area contributed by atoms with Crippen LogP contribution in [0.3, 0.4) is 0 Å². The van der Waals surface area contributed by atoms with Gasteiger partial charge in [0.05, 0.1) is 6.04 Å². The van der Waals surface area contributed by atoms with Gasteiger partial charge in [-0.25, -0.2) is 0 Å². The third-order valence-electron chi connectivity index (χ3n) is 4.33. The molecule has 98 valence electrons. The largest absolute Gasteiger partial charge is 0.381 e. The predicted octanol–water partition coefficient (Wildman–Crippen LogP) is 1.05. The van der Waals surface area contributed by atoms with Gasteiger partial charge in [0, 0.05) is 19.8 Å². The molecule has 0 aromatic heterocycles. The van der Waals surface area contributed by atoms with E-state index < -0.39 is 0 Å². The van der Waals surface area contributed by atoms with Crippen LogP contribution in [-0.2, 0) is 9.53 Å². The summed E-state index contributed by atoms with van der Waals surface area (Å²) in [4.78, 5) is 12.0. The molecule has 1 saturated carbocycles. The number of carbonyl (C=O) groups excluding carboxylic acids is 1. The van der Waals surface area contributed by atoms with Crippen molar-refractivity contribution >= 4 is 5.91 Å². The van der Waals surface area contributed by atoms with Crippen molar-refractivity contribution in [2.45, 2.75) is 45.1 Å². The summed E-state index contributed by atoms with van der Waals surface area (Å²) in [6.07, 6.45) is 5.55. The molecule has 2 rings (SSSR count). The van der Waals surface area contributed by atoms with Crippen LogP contribution < -0.4 is 11.1 Å². The smallest absolute Gasteiger partial charge is 0.237 e. The Morgan fingerprint density at radius 2 is 2.12 bits per heavy atom. The molecule has 2 fully saturated rings. The van der Waals surface area contributed by atoms with E-state index >= 15 is 0 Å². The monoisotopic (exact) mass is 240 g/mol. The normalized spacial score (nSPS) is 26.0. The van der Waals surface area contributed by atoms with Crippen LogP contribution in [-0.4, -0.2) is 31.7 Å². The van der Waals surface area contributed by atoms with Gasteiger partial charge in [-0.05, 0) is 37.0 Å². The summed E-state index contributed by atoms with van der Waals surface area (Å²) < 4.78 is 5.28.